The molecule has 92 valence electrons. The van der Waals surface area contributed by atoms with Gasteiger partial charge in [0.2, 0.25) is 0 Å². The van der Waals surface area contributed by atoms with Gasteiger partial charge in [-0.25, -0.2) is 0 Å². The summed E-state index contributed by atoms with van der Waals surface area (Å²) in [5.74, 6) is 0.115. The van der Waals surface area contributed by atoms with Crippen molar-refractivity contribution in [2.24, 2.45) is 11.7 Å². The van der Waals surface area contributed by atoms with E-state index < -0.39 is 11.6 Å². The molecule has 0 heterocycles. The van der Waals surface area contributed by atoms with E-state index in [4.69, 9.17) is 10.5 Å². The zero-order valence-electron chi connectivity index (χ0n) is 11.3. The second kappa shape index (κ2) is 7.69. The molecule has 0 amide bonds. The van der Waals surface area contributed by atoms with Gasteiger partial charge in [-0.2, -0.15) is 0 Å². The van der Waals surface area contributed by atoms with E-state index >= 15 is 0 Å². The maximum Gasteiger partial charge on any atom is 0.323 e. The van der Waals surface area contributed by atoms with Gasteiger partial charge in [0, 0.05) is 0 Å². The molecule has 0 bridgehead atoms. The van der Waals surface area contributed by atoms with Crippen LogP contribution in [0, 0.1) is 5.92 Å². The highest BCUT2D eigenvalue weighted by atomic mass is 16.6. The monoisotopic (exact) mass is 217 g/mol. The van der Waals surface area contributed by atoms with Crippen molar-refractivity contribution >= 4 is 5.97 Å². The average Bonchev–Trinajstić information content (AvgIpc) is 2.03. The molecule has 1 unspecified atom stereocenters. The number of carbonyl (C=O) groups excluding carboxylic acids is 1. The number of carbonyl (C=O) groups is 1. The van der Waals surface area contributed by atoms with Crippen molar-refractivity contribution in [1.29, 1.82) is 0 Å². The fourth-order valence-electron chi connectivity index (χ4n) is 0.982. The van der Waals surface area contributed by atoms with Crippen molar-refractivity contribution < 1.29 is 9.53 Å². The lowest BCUT2D eigenvalue weighted by molar-refractivity contribution is -0.156. The van der Waals surface area contributed by atoms with Crippen LogP contribution in [0.5, 0.6) is 0 Å². The van der Waals surface area contributed by atoms with Crippen LogP contribution in [0.1, 0.15) is 54.9 Å². The normalized spacial score (nSPS) is 12.9. The maximum atomic E-state index is 11.3. The Labute approximate surface area is 94.4 Å². The van der Waals surface area contributed by atoms with Crippen LogP contribution < -0.4 is 5.73 Å². The SMILES string of the molecule is CC.CC(C)CC(N)C(=O)OC(C)(C)C. The van der Waals surface area contributed by atoms with Crippen molar-refractivity contribution in [3.05, 3.63) is 0 Å². The molecule has 0 fully saturated rings. The fraction of sp³-hybridized carbons (Fsp3) is 0.917. The summed E-state index contributed by atoms with van der Waals surface area (Å²) in [5, 5.41) is 0. The minimum atomic E-state index is -0.487. The Hall–Kier alpha value is -0.570. The van der Waals surface area contributed by atoms with Gasteiger partial charge in [-0.15, -0.1) is 0 Å². The first-order valence-electron chi connectivity index (χ1n) is 5.71. The first-order chi connectivity index (χ1) is 6.72. The second-order valence-electron chi connectivity index (χ2n) is 4.77. The molecule has 0 saturated carbocycles. The Morgan fingerprint density at radius 3 is 1.93 bits per heavy atom. The van der Waals surface area contributed by atoms with Crippen LogP contribution in [0.3, 0.4) is 0 Å². The molecule has 0 aliphatic heterocycles. The predicted molar refractivity (Wildman–Crippen MR) is 64.6 cm³/mol. The second-order valence-corrected chi connectivity index (χ2v) is 4.77. The first kappa shape index (κ1) is 16.8. The Morgan fingerprint density at radius 2 is 1.67 bits per heavy atom. The molecule has 0 rings (SSSR count). The highest BCUT2D eigenvalue weighted by molar-refractivity contribution is 5.75. The summed E-state index contributed by atoms with van der Waals surface area (Å²) in [7, 11) is 0. The average molecular weight is 217 g/mol. The molecule has 0 aliphatic carbocycles. The van der Waals surface area contributed by atoms with E-state index in [9.17, 15) is 4.79 Å². The lowest BCUT2D eigenvalue weighted by atomic mass is 10.0. The van der Waals surface area contributed by atoms with E-state index in [1.807, 2.05) is 48.5 Å². The molecular weight excluding hydrogens is 190 g/mol. The first-order valence-corrected chi connectivity index (χ1v) is 5.71. The molecule has 3 heteroatoms. The summed E-state index contributed by atoms with van der Waals surface area (Å²) in [6, 6.07) is -0.487. The Morgan fingerprint density at radius 1 is 1.27 bits per heavy atom. The van der Waals surface area contributed by atoms with E-state index in [1.54, 1.807) is 0 Å². The number of hydrogen-bond donors (Lipinski definition) is 1. The van der Waals surface area contributed by atoms with Gasteiger partial charge in [-0.05, 0) is 33.1 Å². The zero-order chi connectivity index (χ0) is 12.6. The lowest BCUT2D eigenvalue weighted by Gasteiger charge is -2.22. The van der Waals surface area contributed by atoms with Gasteiger partial charge in [0.25, 0.3) is 0 Å². The van der Waals surface area contributed by atoms with Crippen molar-refractivity contribution in [1.82, 2.24) is 0 Å². The highest BCUT2D eigenvalue weighted by Gasteiger charge is 2.22. The van der Waals surface area contributed by atoms with Gasteiger partial charge in [0.05, 0.1) is 0 Å². The molecule has 0 saturated heterocycles. The lowest BCUT2D eigenvalue weighted by Crippen LogP contribution is -2.38. The molecule has 15 heavy (non-hydrogen) atoms. The summed E-state index contributed by atoms with van der Waals surface area (Å²) >= 11 is 0. The van der Waals surface area contributed by atoms with Crippen molar-refractivity contribution in [2.45, 2.75) is 66.5 Å². The third-order valence-electron chi connectivity index (χ3n) is 1.43. The molecular formula is C12H27NO2. The largest absolute Gasteiger partial charge is 0.459 e. The molecule has 0 spiro atoms. The van der Waals surface area contributed by atoms with Crippen LogP contribution in [-0.4, -0.2) is 17.6 Å². The maximum absolute atomic E-state index is 11.3. The zero-order valence-corrected chi connectivity index (χ0v) is 11.3. The summed E-state index contributed by atoms with van der Waals surface area (Å²) in [5.41, 5.74) is 5.21. The molecule has 0 aromatic rings. The van der Waals surface area contributed by atoms with Crippen molar-refractivity contribution in [3.63, 3.8) is 0 Å². The van der Waals surface area contributed by atoms with Gasteiger partial charge in [-0.1, -0.05) is 27.7 Å². The summed E-state index contributed by atoms with van der Waals surface area (Å²) in [4.78, 5) is 11.3. The molecule has 0 radical (unpaired) electrons. The van der Waals surface area contributed by atoms with Crippen LogP contribution in [0.15, 0.2) is 0 Å². The number of nitrogens with two attached hydrogens (primary N) is 1. The number of esters is 1. The molecule has 0 aromatic heterocycles. The van der Waals surface area contributed by atoms with Crippen LogP contribution in [0.4, 0.5) is 0 Å². The molecule has 1 atom stereocenters. The molecule has 0 aromatic carbocycles. The molecule has 3 nitrogen and oxygen atoms in total. The van der Waals surface area contributed by atoms with Crippen LogP contribution >= 0.6 is 0 Å². The van der Waals surface area contributed by atoms with E-state index in [2.05, 4.69) is 0 Å². The van der Waals surface area contributed by atoms with Crippen molar-refractivity contribution in [2.75, 3.05) is 0 Å². The van der Waals surface area contributed by atoms with Gasteiger partial charge < -0.3 is 10.5 Å². The fourth-order valence-corrected chi connectivity index (χ4v) is 0.982. The Kier molecular flexibility index (Phi) is 8.63. The van der Waals surface area contributed by atoms with Crippen LogP contribution in [0.25, 0.3) is 0 Å². The number of rotatable bonds is 3. The summed E-state index contributed by atoms with van der Waals surface area (Å²) in [6.45, 7) is 13.6. The third-order valence-corrected chi connectivity index (χ3v) is 1.43. The van der Waals surface area contributed by atoms with E-state index in [0.29, 0.717) is 12.3 Å². The van der Waals surface area contributed by atoms with Gasteiger partial charge >= 0.3 is 5.97 Å². The number of hydrogen-bond acceptors (Lipinski definition) is 3. The minimum Gasteiger partial charge on any atom is -0.459 e. The summed E-state index contributed by atoms with van der Waals surface area (Å²) < 4.78 is 5.14. The van der Waals surface area contributed by atoms with Gasteiger partial charge in [0.1, 0.15) is 11.6 Å². The molecule has 2 N–H and O–H groups in total. The van der Waals surface area contributed by atoms with E-state index in [0.717, 1.165) is 0 Å². The van der Waals surface area contributed by atoms with Crippen LogP contribution in [-0.2, 0) is 9.53 Å². The minimum absolute atomic E-state index is 0.304. The molecule has 0 aliphatic rings. The van der Waals surface area contributed by atoms with Crippen molar-refractivity contribution in [3.8, 4) is 0 Å². The van der Waals surface area contributed by atoms with Gasteiger partial charge in [-0.3, -0.25) is 4.79 Å². The highest BCUT2D eigenvalue weighted by Crippen LogP contribution is 2.11. The quantitative estimate of drug-likeness (QED) is 0.739. The smallest absolute Gasteiger partial charge is 0.323 e. The topological polar surface area (TPSA) is 52.3 Å². The Bertz CT molecular complexity index is 171. The Balaban J connectivity index is 0. The number of ether oxygens (including phenoxy) is 1. The third kappa shape index (κ3) is 11.4. The standard InChI is InChI=1S/C10H21NO2.C2H6/c1-7(2)6-8(11)9(12)13-10(3,4)5;1-2/h7-8H,6,11H2,1-5H3;1-2H3. The van der Waals surface area contributed by atoms with Gasteiger partial charge in [0.15, 0.2) is 0 Å². The van der Waals surface area contributed by atoms with E-state index in [-0.39, 0.29) is 5.97 Å². The summed E-state index contributed by atoms with van der Waals surface area (Å²) in [6.07, 6.45) is 0.676. The van der Waals surface area contributed by atoms with Crippen LogP contribution in [0.2, 0.25) is 0 Å². The predicted octanol–water partition coefficient (Wildman–Crippen LogP) is 2.73. The van der Waals surface area contributed by atoms with E-state index in [1.165, 1.54) is 0 Å².